The molecule has 0 aromatic heterocycles. The van der Waals surface area contributed by atoms with Crippen LogP contribution in [-0.2, 0) is 10.1 Å². The van der Waals surface area contributed by atoms with Crippen molar-refractivity contribution in [3.05, 3.63) is 0 Å². The third-order valence-electron chi connectivity index (χ3n) is 1.01. The first-order valence-electron chi connectivity index (χ1n) is 2.86. The summed E-state index contributed by atoms with van der Waals surface area (Å²) in [5.74, 6) is 0. The Kier molecular flexibility index (Phi) is 8.30. The molecule has 5 nitrogen and oxygen atoms in total. The summed E-state index contributed by atoms with van der Waals surface area (Å²) in [5, 5.41) is 1.40. The molecule has 7 heteroatoms. The van der Waals surface area contributed by atoms with Crippen molar-refractivity contribution < 1.29 is 42.5 Å². The average molecular weight is 190 g/mol. The molecule has 0 saturated heterocycles. The second kappa shape index (κ2) is 6.36. The van der Waals surface area contributed by atoms with Crippen LogP contribution in [0.3, 0.4) is 0 Å². The largest absolute Gasteiger partial charge is 1.00 e. The van der Waals surface area contributed by atoms with Gasteiger partial charge in [0, 0.05) is 13.1 Å². The van der Waals surface area contributed by atoms with E-state index < -0.39 is 15.5 Å². The van der Waals surface area contributed by atoms with Gasteiger partial charge in [-0.15, -0.1) is 0 Å². The van der Waals surface area contributed by atoms with E-state index in [2.05, 4.69) is 5.32 Å². The molecule has 0 aromatic carbocycles. The number of rotatable bonds is 4. The summed E-state index contributed by atoms with van der Waals surface area (Å²) in [6, 6.07) is 0. The molecule has 0 aliphatic heterocycles. The molecule has 0 heterocycles. The summed E-state index contributed by atoms with van der Waals surface area (Å²) in [6.45, 7) is 1.94. The van der Waals surface area contributed by atoms with Gasteiger partial charge in [-0.1, -0.05) is 0 Å². The smallest absolute Gasteiger partial charge is 0.747 e. The van der Waals surface area contributed by atoms with Gasteiger partial charge >= 0.3 is 29.6 Å². The fourth-order valence-corrected chi connectivity index (χ4v) is 0.711. The van der Waals surface area contributed by atoms with Gasteiger partial charge in [-0.2, -0.15) is 0 Å². The zero-order valence-electron chi connectivity index (χ0n) is 6.70. The van der Waals surface area contributed by atoms with E-state index in [0.29, 0.717) is 13.1 Å². The SMILES string of the molecule is CC(NCCN)S(=O)(=O)[O-].[Na+]. The first-order valence-corrected chi connectivity index (χ1v) is 4.33. The van der Waals surface area contributed by atoms with Crippen molar-refractivity contribution in [3.63, 3.8) is 0 Å². The van der Waals surface area contributed by atoms with Crippen LogP contribution in [0.1, 0.15) is 6.92 Å². The van der Waals surface area contributed by atoms with Gasteiger partial charge < -0.3 is 15.6 Å². The summed E-state index contributed by atoms with van der Waals surface area (Å²) >= 11 is 0. The van der Waals surface area contributed by atoms with Crippen LogP contribution >= 0.6 is 0 Å². The van der Waals surface area contributed by atoms with Crippen molar-refractivity contribution >= 4 is 10.1 Å². The van der Waals surface area contributed by atoms with Gasteiger partial charge in [-0.3, -0.25) is 0 Å². The summed E-state index contributed by atoms with van der Waals surface area (Å²) < 4.78 is 30.5. The fourth-order valence-electron chi connectivity index (χ4n) is 0.389. The molecule has 0 saturated carbocycles. The van der Waals surface area contributed by atoms with Crippen LogP contribution < -0.4 is 40.6 Å². The van der Waals surface area contributed by atoms with Gasteiger partial charge in [0.2, 0.25) is 0 Å². The Bertz CT molecular complexity index is 182. The zero-order valence-corrected chi connectivity index (χ0v) is 9.52. The van der Waals surface area contributed by atoms with Crippen molar-refractivity contribution in [1.82, 2.24) is 5.32 Å². The molecule has 0 aliphatic carbocycles. The van der Waals surface area contributed by atoms with Crippen LogP contribution in [0.4, 0.5) is 0 Å². The molecule has 0 aliphatic rings. The third kappa shape index (κ3) is 7.20. The van der Waals surface area contributed by atoms with Crippen molar-refractivity contribution in [2.75, 3.05) is 13.1 Å². The van der Waals surface area contributed by atoms with Crippen molar-refractivity contribution in [1.29, 1.82) is 0 Å². The minimum absolute atomic E-state index is 0. The predicted molar refractivity (Wildman–Crippen MR) is 36.2 cm³/mol. The minimum atomic E-state index is -4.19. The molecule has 0 bridgehead atoms. The number of nitrogens with two attached hydrogens (primary N) is 1. The fraction of sp³-hybridized carbons (Fsp3) is 1.00. The van der Waals surface area contributed by atoms with Crippen molar-refractivity contribution in [3.8, 4) is 0 Å². The molecule has 0 fully saturated rings. The molecule has 0 amide bonds. The zero-order chi connectivity index (χ0) is 8.20. The van der Waals surface area contributed by atoms with E-state index >= 15 is 0 Å². The van der Waals surface area contributed by atoms with Crippen LogP contribution in [0, 0.1) is 0 Å². The quantitative estimate of drug-likeness (QED) is 0.344. The van der Waals surface area contributed by atoms with Gasteiger partial charge in [0.1, 0.15) is 10.1 Å². The van der Waals surface area contributed by atoms with Gasteiger partial charge in [0.25, 0.3) is 0 Å². The molecular formula is C4H11N2NaO3S. The molecule has 0 radical (unpaired) electrons. The van der Waals surface area contributed by atoms with E-state index in [1.165, 1.54) is 6.92 Å². The molecule has 62 valence electrons. The summed E-state index contributed by atoms with van der Waals surface area (Å²) in [4.78, 5) is 0. The second-order valence-electron chi connectivity index (χ2n) is 1.88. The van der Waals surface area contributed by atoms with E-state index in [9.17, 15) is 13.0 Å². The Balaban J connectivity index is 0. The molecule has 1 atom stereocenters. The number of hydrogen-bond donors (Lipinski definition) is 2. The van der Waals surface area contributed by atoms with Gasteiger partial charge in [0.15, 0.2) is 0 Å². The maximum atomic E-state index is 10.2. The average Bonchev–Trinajstić information content (AvgIpc) is 1.80. The van der Waals surface area contributed by atoms with Gasteiger partial charge in [-0.05, 0) is 6.92 Å². The van der Waals surface area contributed by atoms with E-state index in [-0.39, 0.29) is 29.6 Å². The van der Waals surface area contributed by atoms with E-state index in [1.807, 2.05) is 0 Å². The molecule has 3 N–H and O–H groups in total. The Morgan fingerprint density at radius 1 is 1.64 bits per heavy atom. The maximum Gasteiger partial charge on any atom is 1.00 e. The molecule has 1 unspecified atom stereocenters. The third-order valence-corrected chi connectivity index (χ3v) is 2.04. The van der Waals surface area contributed by atoms with E-state index in [4.69, 9.17) is 5.73 Å². The molecular weight excluding hydrogens is 179 g/mol. The van der Waals surface area contributed by atoms with Crippen LogP contribution in [0.5, 0.6) is 0 Å². The maximum absolute atomic E-state index is 10.2. The standard InChI is InChI=1S/C4H12N2O3S.Na/c1-4(6-3-2-5)10(7,8)9;/h4,6H,2-3,5H2,1H3,(H,7,8,9);/q;+1/p-1. The van der Waals surface area contributed by atoms with Crippen molar-refractivity contribution in [2.45, 2.75) is 12.3 Å². The van der Waals surface area contributed by atoms with Gasteiger partial charge in [0.05, 0.1) is 5.37 Å². The monoisotopic (exact) mass is 190 g/mol. The molecule has 11 heavy (non-hydrogen) atoms. The Morgan fingerprint density at radius 3 is 2.36 bits per heavy atom. The Hall–Kier alpha value is 0.830. The Labute approximate surface area is 88.8 Å². The van der Waals surface area contributed by atoms with Crippen LogP contribution in [0.15, 0.2) is 0 Å². The van der Waals surface area contributed by atoms with E-state index in [1.54, 1.807) is 0 Å². The minimum Gasteiger partial charge on any atom is -0.747 e. The number of nitrogens with one attached hydrogen (secondary N) is 1. The van der Waals surface area contributed by atoms with Crippen LogP contribution in [-0.4, -0.2) is 31.4 Å². The first-order chi connectivity index (χ1) is 4.48. The summed E-state index contributed by atoms with van der Waals surface area (Å²) in [7, 11) is -4.19. The normalized spacial score (nSPS) is 13.7. The Morgan fingerprint density at radius 2 is 2.09 bits per heavy atom. The topological polar surface area (TPSA) is 95.2 Å². The molecule has 0 rings (SSSR count). The number of hydrogen-bond acceptors (Lipinski definition) is 5. The van der Waals surface area contributed by atoms with Gasteiger partial charge in [-0.25, -0.2) is 8.42 Å². The first kappa shape index (κ1) is 14.4. The summed E-state index contributed by atoms with van der Waals surface area (Å²) in [6.07, 6.45) is 0. The van der Waals surface area contributed by atoms with Crippen LogP contribution in [0.25, 0.3) is 0 Å². The van der Waals surface area contributed by atoms with E-state index in [0.717, 1.165) is 0 Å². The molecule has 0 aromatic rings. The van der Waals surface area contributed by atoms with Crippen LogP contribution in [0.2, 0.25) is 0 Å². The predicted octanol–water partition coefficient (Wildman–Crippen LogP) is -4.57. The molecule has 0 spiro atoms. The summed E-state index contributed by atoms with van der Waals surface area (Å²) in [5.41, 5.74) is 5.06. The van der Waals surface area contributed by atoms with Crippen molar-refractivity contribution in [2.24, 2.45) is 5.73 Å². The second-order valence-corrected chi connectivity index (χ2v) is 3.57.